The topological polar surface area (TPSA) is 82.3 Å². The number of hydrogen-bond acceptors (Lipinski definition) is 6. The first-order chi connectivity index (χ1) is 15.8. The third kappa shape index (κ3) is 5.64. The highest BCUT2D eigenvalue weighted by Gasteiger charge is 2.31. The summed E-state index contributed by atoms with van der Waals surface area (Å²) in [5.74, 6) is -0.341. The molecule has 1 aliphatic heterocycles. The van der Waals surface area contributed by atoms with Gasteiger partial charge in [-0.15, -0.1) is 13.2 Å². The standard InChI is InChI=1S/C23H21F3N2O5/c1-30-19-6-2-4-14-12-18(21(29)27-13-17-5-3-11-31-17)22(32-20(14)19)28-15-7-9-16(10-8-15)33-23(24,25)26/h2,4,6-10,12,17H,3,5,11,13H2,1H3,(H,27,29)/t17-/m1/s1. The number of fused-ring (bicyclic) bond motifs is 1. The highest BCUT2D eigenvalue weighted by molar-refractivity contribution is 5.97. The number of carbonyl (C=O) groups excluding carboxylic acids is 1. The quantitative estimate of drug-likeness (QED) is 0.584. The van der Waals surface area contributed by atoms with E-state index in [1.807, 2.05) is 0 Å². The maximum atomic E-state index is 13.0. The summed E-state index contributed by atoms with van der Waals surface area (Å²) in [6, 6.07) is 11.8. The second kappa shape index (κ2) is 9.53. The number of para-hydroxylation sites is 1. The van der Waals surface area contributed by atoms with E-state index in [1.54, 1.807) is 24.3 Å². The van der Waals surface area contributed by atoms with E-state index in [4.69, 9.17) is 13.9 Å². The van der Waals surface area contributed by atoms with E-state index in [1.165, 1.54) is 19.2 Å². The lowest BCUT2D eigenvalue weighted by atomic mass is 10.1. The van der Waals surface area contributed by atoms with Crippen molar-refractivity contribution in [3.63, 3.8) is 0 Å². The predicted molar refractivity (Wildman–Crippen MR) is 112 cm³/mol. The van der Waals surface area contributed by atoms with Crippen LogP contribution in [0.5, 0.6) is 11.5 Å². The van der Waals surface area contributed by atoms with Crippen LogP contribution in [0.4, 0.5) is 18.9 Å². The number of benzene rings is 2. The Morgan fingerprint density at radius 3 is 2.67 bits per heavy atom. The lowest BCUT2D eigenvalue weighted by molar-refractivity contribution is -0.274. The molecule has 4 rings (SSSR count). The van der Waals surface area contributed by atoms with Gasteiger partial charge in [0.1, 0.15) is 11.3 Å². The largest absolute Gasteiger partial charge is 0.573 e. The van der Waals surface area contributed by atoms with Gasteiger partial charge < -0.3 is 23.9 Å². The molecule has 10 heteroatoms. The van der Waals surface area contributed by atoms with Crippen LogP contribution >= 0.6 is 0 Å². The van der Waals surface area contributed by atoms with Crippen LogP contribution < -0.4 is 20.3 Å². The molecule has 0 bridgehead atoms. The van der Waals surface area contributed by atoms with Crippen LogP contribution in [0.2, 0.25) is 0 Å². The molecule has 2 heterocycles. The summed E-state index contributed by atoms with van der Waals surface area (Å²) in [6.45, 7) is 1.01. The number of halogens is 3. The van der Waals surface area contributed by atoms with E-state index in [2.05, 4.69) is 15.0 Å². The highest BCUT2D eigenvalue weighted by atomic mass is 19.4. The zero-order valence-electron chi connectivity index (χ0n) is 17.6. The summed E-state index contributed by atoms with van der Waals surface area (Å²) in [6.07, 6.45) is -3.03. The van der Waals surface area contributed by atoms with Crippen molar-refractivity contribution < 1.29 is 36.6 Å². The number of nitrogens with zero attached hydrogens (tertiary/aromatic N) is 1. The van der Waals surface area contributed by atoms with Crippen molar-refractivity contribution in [2.75, 3.05) is 20.3 Å². The summed E-state index contributed by atoms with van der Waals surface area (Å²) in [4.78, 5) is 17.3. The third-order valence-electron chi connectivity index (χ3n) is 5.02. The number of rotatable bonds is 6. The molecule has 0 spiro atoms. The Bertz CT molecular complexity index is 1200. The van der Waals surface area contributed by atoms with E-state index in [0.29, 0.717) is 29.9 Å². The Labute approximate surface area is 186 Å². The smallest absolute Gasteiger partial charge is 0.493 e. The molecule has 0 unspecified atom stereocenters. The van der Waals surface area contributed by atoms with Gasteiger partial charge in [-0.1, -0.05) is 12.1 Å². The lowest BCUT2D eigenvalue weighted by Gasteiger charge is -2.12. The van der Waals surface area contributed by atoms with Crippen LogP contribution in [0.1, 0.15) is 23.2 Å². The average Bonchev–Trinajstić information content (AvgIpc) is 3.30. The van der Waals surface area contributed by atoms with Gasteiger partial charge in [0.2, 0.25) is 5.55 Å². The number of nitrogens with one attached hydrogen (secondary N) is 1. The number of methoxy groups -OCH3 is 1. The molecule has 2 aromatic carbocycles. The molecule has 1 N–H and O–H groups in total. The Morgan fingerprint density at radius 1 is 1.21 bits per heavy atom. The molecule has 1 aromatic heterocycles. The van der Waals surface area contributed by atoms with Crippen LogP contribution in [-0.2, 0) is 4.74 Å². The van der Waals surface area contributed by atoms with Crippen molar-refractivity contribution >= 4 is 22.6 Å². The van der Waals surface area contributed by atoms with E-state index in [-0.39, 0.29) is 28.7 Å². The first-order valence-corrected chi connectivity index (χ1v) is 10.2. The fourth-order valence-corrected chi connectivity index (χ4v) is 3.48. The minimum absolute atomic E-state index is 0.0127. The number of ether oxygens (including phenoxy) is 3. The lowest BCUT2D eigenvalue weighted by Crippen LogP contribution is -2.34. The zero-order chi connectivity index (χ0) is 23.4. The van der Waals surface area contributed by atoms with Crippen molar-refractivity contribution in [1.82, 2.24) is 5.32 Å². The third-order valence-corrected chi connectivity index (χ3v) is 5.02. The normalized spacial score (nSPS) is 16.7. The molecule has 1 amide bonds. The number of alkyl halides is 3. The second-order valence-corrected chi connectivity index (χ2v) is 7.34. The van der Waals surface area contributed by atoms with Gasteiger partial charge in [0, 0.05) is 18.5 Å². The Hall–Kier alpha value is -3.53. The van der Waals surface area contributed by atoms with Crippen molar-refractivity contribution in [2.24, 2.45) is 4.99 Å². The molecule has 3 aromatic rings. The molecule has 0 radical (unpaired) electrons. The van der Waals surface area contributed by atoms with Gasteiger partial charge in [-0.05, 0) is 49.2 Å². The highest BCUT2D eigenvalue weighted by Crippen LogP contribution is 2.26. The predicted octanol–water partition coefficient (Wildman–Crippen LogP) is 4.48. The van der Waals surface area contributed by atoms with Gasteiger partial charge in [-0.2, -0.15) is 0 Å². The molecular formula is C23H21F3N2O5. The maximum Gasteiger partial charge on any atom is 0.573 e. The Kier molecular flexibility index (Phi) is 6.55. The number of carbonyl (C=O) groups is 1. The zero-order valence-corrected chi connectivity index (χ0v) is 17.6. The van der Waals surface area contributed by atoms with Gasteiger partial charge in [0.25, 0.3) is 5.91 Å². The first kappa shape index (κ1) is 22.7. The van der Waals surface area contributed by atoms with Crippen LogP contribution in [0.15, 0.2) is 57.9 Å². The average molecular weight is 462 g/mol. The van der Waals surface area contributed by atoms with Crippen LogP contribution in [0.25, 0.3) is 11.0 Å². The van der Waals surface area contributed by atoms with Gasteiger partial charge in [-0.3, -0.25) is 4.79 Å². The summed E-state index contributed by atoms with van der Waals surface area (Å²) >= 11 is 0. The summed E-state index contributed by atoms with van der Waals surface area (Å²) < 4.78 is 57.9. The van der Waals surface area contributed by atoms with Crippen molar-refractivity contribution in [3.05, 3.63) is 59.6 Å². The van der Waals surface area contributed by atoms with E-state index in [9.17, 15) is 18.0 Å². The molecule has 1 fully saturated rings. The summed E-state index contributed by atoms with van der Waals surface area (Å²) in [7, 11) is 1.49. The van der Waals surface area contributed by atoms with Crippen LogP contribution in [0, 0.1) is 0 Å². The van der Waals surface area contributed by atoms with E-state index in [0.717, 1.165) is 25.0 Å². The SMILES string of the molecule is COc1cccc2cc(C(=O)NC[C@H]3CCCO3)c(=Nc3ccc(OC(F)(F)F)cc3)oc12. The van der Waals surface area contributed by atoms with Crippen LogP contribution in [0.3, 0.4) is 0 Å². The molecular weight excluding hydrogens is 441 g/mol. The first-order valence-electron chi connectivity index (χ1n) is 10.2. The van der Waals surface area contributed by atoms with Crippen molar-refractivity contribution in [1.29, 1.82) is 0 Å². The van der Waals surface area contributed by atoms with Gasteiger partial charge in [-0.25, -0.2) is 4.99 Å². The van der Waals surface area contributed by atoms with Crippen LogP contribution in [-0.4, -0.2) is 38.6 Å². The summed E-state index contributed by atoms with van der Waals surface area (Å²) in [5.41, 5.74) is 0.813. The molecule has 0 saturated carbocycles. The maximum absolute atomic E-state index is 13.0. The molecule has 1 atom stereocenters. The van der Waals surface area contributed by atoms with Gasteiger partial charge in [0.05, 0.1) is 18.9 Å². The molecule has 0 aliphatic carbocycles. The Balaban J connectivity index is 1.72. The molecule has 174 valence electrons. The van der Waals surface area contributed by atoms with E-state index >= 15 is 0 Å². The minimum atomic E-state index is -4.79. The van der Waals surface area contributed by atoms with Crippen molar-refractivity contribution in [3.8, 4) is 11.5 Å². The summed E-state index contributed by atoms with van der Waals surface area (Å²) in [5, 5.41) is 3.46. The minimum Gasteiger partial charge on any atom is -0.493 e. The Morgan fingerprint density at radius 2 is 2.00 bits per heavy atom. The van der Waals surface area contributed by atoms with E-state index < -0.39 is 12.3 Å². The molecule has 33 heavy (non-hydrogen) atoms. The number of hydrogen-bond donors (Lipinski definition) is 1. The molecule has 1 aliphatic rings. The monoisotopic (exact) mass is 462 g/mol. The molecule has 1 saturated heterocycles. The fourth-order valence-electron chi connectivity index (χ4n) is 3.48. The van der Waals surface area contributed by atoms with Gasteiger partial charge in [0.15, 0.2) is 11.3 Å². The second-order valence-electron chi connectivity index (χ2n) is 7.34. The van der Waals surface area contributed by atoms with Crippen molar-refractivity contribution in [2.45, 2.75) is 25.3 Å². The number of amides is 1. The van der Waals surface area contributed by atoms with Gasteiger partial charge >= 0.3 is 6.36 Å². The fraction of sp³-hybridized carbons (Fsp3) is 0.304. The molecule has 7 nitrogen and oxygen atoms in total.